The molecule has 1 N–H and O–H groups in total. The lowest BCUT2D eigenvalue weighted by atomic mass is 9.96. The number of hydrogen-bond acceptors (Lipinski definition) is 7. The van der Waals surface area contributed by atoms with E-state index < -0.39 is 11.8 Å². The predicted molar refractivity (Wildman–Crippen MR) is 135 cm³/mol. The molecule has 0 radical (unpaired) electrons. The molecular formula is C27H33N3O7. The Bertz CT molecular complexity index is 1110. The van der Waals surface area contributed by atoms with Crippen molar-refractivity contribution in [3.8, 4) is 11.5 Å². The molecule has 0 bridgehead atoms. The lowest BCUT2D eigenvalue weighted by Gasteiger charge is -2.44. The average Bonchev–Trinajstić information content (AvgIpc) is 3.31. The van der Waals surface area contributed by atoms with Gasteiger partial charge >= 0.3 is 0 Å². The summed E-state index contributed by atoms with van der Waals surface area (Å²) in [4.78, 5) is 43.3. The van der Waals surface area contributed by atoms with Crippen molar-refractivity contribution in [1.29, 1.82) is 0 Å². The minimum absolute atomic E-state index is 0.0739. The van der Waals surface area contributed by atoms with E-state index in [1.807, 2.05) is 0 Å². The molecule has 198 valence electrons. The Morgan fingerprint density at radius 3 is 2.30 bits per heavy atom. The summed E-state index contributed by atoms with van der Waals surface area (Å²) in [7, 11) is 4.67. The third-order valence-corrected chi connectivity index (χ3v) is 6.87. The molecule has 2 aromatic carbocycles. The third kappa shape index (κ3) is 5.55. The Hall–Kier alpha value is -3.63. The Morgan fingerprint density at radius 2 is 1.65 bits per heavy atom. The van der Waals surface area contributed by atoms with Crippen molar-refractivity contribution >= 4 is 17.7 Å². The number of carbonyl (C=O) groups excluding carboxylic acids is 3. The van der Waals surface area contributed by atoms with Crippen LogP contribution in [0.5, 0.6) is 11.5 Å². The fraction of sp³-hybridized carbons (Fsp3) is 0.444. The van der Waals surface area contributed by atoms with E-state index in [1.54, 1.807) is 79.7 Å². The third-order valence-electron chi connectivity index (χ3n) is 6.87. The zero-order valence-corrected chi connectivity index (χ0v) is 21.4. The van der Waals surface area contributed by atoms with Crippen molar-refractivity contribution in [2.75, 3.05) is 54.2 Å². The van der Waals surface area contributed by atoms with E-state index in [4.69, 9.17) is 18.9 Å². The van der Waals surface area contributed by atoms with Crippen LogP contribution in [0.25, 0.3) is 0 Å². The van der Waals surface area contributed by atoms with Gasteiger partial charge in [0.2, 0.25) is 5.91 Å². The Balaban J connectivity index is 1.55. The van der Waals surface area contributed by atoms with Crippen molar-refractivity contribution in [2.45, 2.75) is 24.6 Å². The number of carbonyl (C=O) groups is 3. The van der Waals surface area contributed by atoms with Crippen LogP contribution in [0.3, 0.4) is 0 Å². The smallest absolute Gasteiger partial charge is 0.256 e. The molecule has 37 heavy (non-hydrogen) atoms. The number of nitrogens with one attached hydrogen (secondary N) is 1. The monoisotopic (exact) mass is 511 g/mol. The van der Waals surface area contributed by atoms with E-state index in [0.717, 1.165) is 0 Å². The maximum atomic E-state index is 13.8. The molecule has 2 saturated heterocycles. The van der Waals surface area contributed by atoms with Crippen LogP contribution in [-0.4, -0.2) is 93.5 Å². The van der Waals surface area contributed by atoms with Gasteiger partial charge < -0.3 is 29.2 Å². The van der Waals surface area contributed by atoms with Gasteiger partial charge in [0.1, 0.15) is 23.3 Å². The number of hydrogen-bond donors (Lipinski definition) is 1. The summed E-state index contributed by atoms with van der Waals surface area (Å²) in [6.07, 6.45) is 0.763. The maximum Gasteiger partial charge on any atom is 0.256 e. The van der Waals surface area contributed by atoms with Crippen molar-refractivity contribution in [1.82, 2.24) is 15.1 Å². The molecule has 1 atom stereocenters. The molecular weight excluding hydrogens is 478 g/mol. The van der Waals surface area contributed by atoms with Gasteiger partial charge in [0.15, 0.2) is 0 Å². The van der Waals surface area contributed by atoms with Crippen LogP contribution in [-0.2, 0) is 14.3 Å². The molecule has 2 aromatic rings. The fourth-order valence-corrected chi connectivity index (χ4v) is 4.83. The summed E-state index contributed by atoms with van der Waals surface area (Å²) in [5.74, 6) is 0.512. The molecule has 0 unspecified atom stereocenters. The number of rotatable bonds is 8. The van der Waals surface area contributed by atoms with E-state index in [-0.39, 0.29) is 24.3 Å². The fourth-order valence-electron chi connectivity index (χ4n) is 4.83. The van der Waals surface area contributed by atoms with Crippen LogP contribution in [0.15, 0.2) is 48.5 Å². The van der Waals surface area contributed by atoms with Gasteiger partial charge in [-0.15, -0.1) is 0 Å². The van der Waals surface area contributed by atoms with Gasteiger partial charge in [-0.3, -0.25) is 19.3 Å². The van der Waals surface area contributed by atoms with E-state index in [0.29, 0.717) is 61.7 Å². The topological polar surface area (TPSA) is 107 Å². The first-order valence-corrected chi connectivity index (χ1v) is 12.2. The van der Waals surface area contributed by atoms with E-state index in [2.05, 4.69) is 5.32 Å². The molecule has 2 heterocycles. The Morgan fingerprint density at radius 1 is 0.946 bits per heavy atom. The van der Waals surface area contributed by atoms with Crippen molar-refractivity contribution in [3.63, 3.8) is 0 Å². The highest BCUT2D eigenvalue weighted by molar-refractivity contribution is 5.99. The van der Waals surface area contributed by atoms with E-state index in [9.17, 15) is 14.4 Å². The highest BCUT2D eigenvalue weighted by Gasteiger charge is 2.54. The second kappa shape index (κ2) is 11.6. The summed E-state index contributed by atoms with van der Waals surface area (Å²) in [5.41, 5.74) is -0.0368. The maximum absolute atomic E-state index is 13.8. The molecule has 2 fully saturated rings. The van der Waals surface area contributed by atoms with Crippen molar-refractivity contribution in [2.24, 2.45) is 0 Å². The summed E-state index contributed by atoms with van der Waals surface area (Å²) in [5, 5.41) is 2.83. The minimum atomic E-state index is -0.995. The molecule has 2 aliphatic heterocycles. The van der Waals surface area contributed by atoms with Gasteiger partial charge in [0.25, 0.3) is 11.8 Å². The number of amides is 3. The van der Waals surface area contributed by atoms with Crippen LogP contribution < -0.4 is 14.8 Å². The van der Waals surface area contributed by atoms with Gasteiger partial charge in [-0.1, -0.05) is 6.07 Å². The molecule has 4 rings (SSSR count). The molecule has 10 heteroatoms. The van der Waals surface area contributed by atoms with Gasteiger partial charge in [-0.25, -0.2) is 0 Å². The summed E-state index contributed by atoms with van der Waals surface area (Å²) < 4.78 is 21.7. The van der Waals surface area contributed by atoms with Crippen molar-refractivity contribution < 1.29 is 33.3 Å². The van der Waals surface area contributed by atoms with Crippen molar-refractivity contribution in [3.05, 3.63) is 59.7 Å². The number of benzene rings is 2. The molecule has 1 spiro atoms. The quantitative estimate of drug-likeness (QED) is 0.540. The molecule has 0 aromatic heterocycles. The predicted octanol–water partition coefficient (Wildman–Crippen LogP) is 1.94. The largest absolute Gasteiger partial charge is 0.497 e. The minimum Gasteiger partial charge on any atom is -0.497 e. The van der Waals surface area contributed by atoms with Gasteiger partial charge in [0.05, 0.1) is 27.4 Å². The van der Waals surface area contributed by atoms with Gasteiger partial charge in [0, 0.05) is 50.7 Å². The summed E-state index contributed by atoms with van der Waals surface area (Å²) in [6, 6.07) is 13.0. The second-order valence-corrected chi connectivity index (χ2v) is 8.98. The normalized spacial score (nSPS) is 18.5. The average molecular weight is 512 g/mol. The second-order valence-electron chi connectivity index (χ2n) is 8.98. The van der Waals surface area contributed by atoms with Crippen LogP contribution >= 0.6 is 0 Å². The highest BCUT2D eigenvalue weighted by atomic mass is 16.5. The van der Waals surface area contributed by atoms with Crippen LogP contribution in [0.2, 0.25) is 0 Å². The Kier molecular flexibility index (Phi) is 8.30. The van der Waals surface area contributed by atoms with E-state index in [1.165, 1.54) is 0 Å². The number of likely N-dealkylation sites (tertiary alicyclic amines) is 1. The first-order chi connectivity index (χ1) is 17.9. The molecule has 0 aliphatic carbocycles. The Labute approximate surface area is 216 Å². The lowest BCUT2D eigenvalue weighted by molar-refractivity contribution is -0.128. The SMILES string of the molecule is COCCNC(=O)[C@H]1COC2(CCN(C(=O)c3cccc(OC)c3)CC2)N1C(=O)c1ccc(OC)cc1. The zero-order valence-electron chi connectivity index (χ0n) is 21.4. The van der Waals surface area contributed by atoms with E-state index >= 15 is 0 Å². The molecule has 3 amide bonds. The molecule has 10 nitrogen and oxygen atoms in total. The van der Waals surface area contributed by atoms with Gasteiger partial charge in [-0.05, 0) is 42.5 Å². The standard InChI is InChI=1S/C27H33N3O7/c1-34-16-13-28-24(31)23-18-37-27(30(23)26(33)19-7-9-21(35-2)10-8-19)11-14-29(15-12-27)25(32)20-5-4-6-22(17-20)36-3/h4-10,17,23H,11-16,18H2,1-3H3,(H,28,31)/t23-/m1/s1. The number of nitrogens with zero attached hydrogens (tertiary/aromatic N) is 2. The lowest BCUT2D eigenvalue weighted by Crippen LogP contribution is -2.60. The summed E-state index contributed by atoms with van der Waals surface area (Å²) in [6.45, 7) is 1.51. The number of methoxy groups -OCH3 is 3. The number of ether oxygens (including phenoxy) is 4. The van der Waals surface area contributed by atoms with Gasteiger partial charge in [-0.2, -0.15) is 0 Å². The van der Waals surface area contributed by atoms with Crippen LogP contribution in [0, 0.1) is 0 Å². The molecule has 2 aliphatic rings. The molecule has 0 saturated carbocycles. The first-order valence-electron chi connectivity index (χ1n) is 12.2. The van der Waals surface area contributed by atoms with Crippen LogP contribution in [0.1, 0.15) is 33.6 Å². The highest BCUT2D eigenvalue weighted by Crippen LogP contribution is 2.39. The zero-order chi connectivity index (χ0) is 26.4. The van der Waals surface area contributed by atoms with Crippen LogP contribution in [0.4, 0.5) is 0 Å². The summed E-state index contributed by atoms with van der Waals surface area (Å²) >= 11 is 0. The first kappa shape index (κ1) is 26.4. The number of piperidine rings is 1.